The van der Waals surface area contributed by atoms with Gasteiger partial charge in [0.25, 0.3) is 0 Å². The molecule has 0 saturated carbocycles. The molecule has 0 atom stereocenters. The SMILES string of the molecule is O=C(O)c1ccc(COCc2ccc(Br)cc2)c(Br)c1. The number of aromatic carboxylic acids is 1. The molecule has 0 radical (unpaired) electrons. The lowest BCUT2D eigenvalue weighted by atomic mass is 10.1. The lowest BCUT2D eigenvalue weighted by Crippen LogP contribution is -1.99. The van der Waals surface area contributed by atoms with Crippen LogP contribution in [0.4, 0.5) is 0 Å². The van der Waals surface area contributed by atoms with Gasteiger partial charge < -0.3 is 9.84 Å². The molecular weight excluding hydrogens is 388 g/mol. The van der Waals surface area contributed by atoms with E-state index in [1.807, 2.05) is 24.3 Å². The van der Waals surface area contributed by atoms with Crippen molar-refractivity contribution in [1.29, 1.82) is 0 Å². The van der Waals surface area contributed by atoms with E-state index in [9.17, 15) is 4.79 Å². The Morgan fingerprint density at radius 2 is 1.75 bits per heavy atom. The van der Waals surface area contributed by atoms with E-state index in [1.165, 1.54) is 0 Å². The first-order valence-corrected chi connectivity index (χ1v) is 7.49. The number of halogens is 2. The Morgan fingerprint density at radius 3 is 2.35 bits per heavy atom. The van der Waals surface area contributed by atoms with Crippen LogP contribution in [0.1, 0.15) is 21.5 Å². The fourth-order valence-electron chi connectivity index (χ4n) is 1.66. The van der Waals surface area contributed by atoms with Crippen molar-refractivity contribution in [3.8, 4) is 0 Å². The minimum absolute atomic E-state index is 0.258. The van der Waals surface area contributed by atoms with E-state index in [-0.39, 0.29) is 5.56 Å². The third-order valence-electron chi connectivity index (χ3n) is 2.74. The molecule has 3 nitrogen and oxygen atoms in total. The van der Waals surface area contributed by atoms with Gasteiger partial charge in [0.1, 0.15) is 0 Å². The molecule has 0 aliphatic heterocycles. The predicted octanol–water partition coefficient (Wildman–Crippen LogP) is 4.63. The van der Waals surface area contributed by atoms with E-state index < -0.39 is 5.97 Å². The second kappa shape index (κ2) is 7.02. The fraction of sp³-hybridized carbons (Fsp3) is 0.133. The topological polar surface area (TPSA) is 46.5 Å². The van der Waals surface area contributed by atoms with Crippen LogP contribution in [0.5, 0.6) is 0 Å². The molecule has 104 valence electrons. The Morgan fingerprint density at radius 1 is 1.05 bits per heavy atom. The summed E-state index contributed by atoms with van der Waals surface area (Å²) in [6.07, 6.45) is 0. The molecule has 1 N–H and O–H groups in total. The smallest absolute Gasteiger partial charge is 0.335 e. The number of carbonyl (C=O) groups is 1. The van der Waals surface area contributed by atoms with Crippen LogP contribution >= 0.6 is 31.9 Å². The van der Waals surface area contributed by atoms with Crippen LogP contribution < -0.4 is 0 Å². The molecule has 0 saturated heterocycles. The standard InChI is InChI=1S/C15H12Br2O3/c16-13-5-1-10(2-6-13)8-20-9-12-4-3-11(15(18)19)7-14(12)17/h1-7H,8-9H2,(H,18,19). The highest BCUT2D eigenvalue weighted by atomic mass is 79.9. The van der Waals surface area contributed by atoms with Crippen LogP contribution in [0.2, 0.25) is 0 Å². The van der Waals surface area contributed by atoms with Gasteiger partial charge in [-0.25, -0.2) is 4.79 Å². The van der Waals surface area contributed by atoms with Gasteiger partial charge in [0.15, 0.2) is 0 Å². The molecule has 0 amide bonds. The highest BCUT2D eigenvalue weighted by molar-refractivity contribution is 9.10. The lowest BCUT2D eigenvalue weighted by Gasteiger charge is -2.07. The van der Waals surface area contributed by atoms with Gasteiger partial charge in [-0.05, 0) is 35.4 Å². The summed E-state index contributed by atoms with van der Waals surface area (Å²) in [6, 6.07) is 12.8. The zero-order valence-corrected chi connectivity index (χ0v) is 13.6. The van der Waals surface area contributed by atoms with E-state index >= 15 is 0 Å². The number of rotatable bonds is 5. The largest absolute Gasteiger partial charge is 0.478 e. The first kappa shape index (κ1) is 15.2. The number of carboxylic acid groups (broad SMARTS) is 1. The molecule has 0 heterocycles. The first-order valence-electron chi connectivity index (χ1n) is 5.90. The maximum Gasteiger partial charge on any atom is 0.335 e. The van der Waals surface area contributed by atoms with Gasteiger partial charge in [0.2, 0.25) is 0 Å². The molecule has 0 aromatic heterocycles. The summed E-state index contributed by atoms with van der Waals surface area (Å²) in [7, 11) is 0. The summed E-state index contributed by atoms with van der Waals surface area (Å²) in [6.45, 7) is 0.941. The lowest BCUT2D eigenvalue weighted by molar-refractivity contribution is 0.0696. The molecule has 0 aliphatic rings. The number of carboxylic acids is 1. The maximum atomic E-state index is 10.8. The summed E-state index contributed by atoms with van der Waals surface area (Å²) >= 11 is 6.75. The van der Waals surface area contributed by atoms with Gasteiger partial charge in [-0.15, -0.1) is 0 Å². The van der Waals surface area contributed by atoms with Gasteiger partial charge in [0, 0.05) is 8.95 Å². The second-order valence-electron chi connectivity index (χ2n) is 4.23. The maximum absolute atomic E-state index is 10.8. The third-order valence-corrected chi connectivity index (χ3v) is 4.01. The van der Waals surface area contributed by atoms with Crippen LogP contribution in [0.15, 0.2) is 51.4 Å². The van der Waals surface area contributed by atoms with Crippen LogP contribution in [0, 0.1) is 0 Å². The molecule has 0 unspecified atom stereocenters. The molecule has 5 heteroatoms. The Labute approximate surface area is 133 Å². The molecular formula is C15H12Br2O3. The van der Waals surface area contributed by atoms with Crippen molar-refractivity contribution in [3.05, 3.63) is 68.1 Å². The molecule has 2 aromatic rings. The molecule has 0 fully saturated rings. The van der Waals surface area contributed by atoms with Crippen LogP contribution in [-0.4, -0.2) is 11.1 Å². The van der Waals surface area contributed by atoms with Crippen LogP contribution in [-0.2, 0) is 18.0 Å². The van der Waals surface area contributed by atoms with E-state index in [0.717, 1.165) is 20.1 Å². The summed E-state index contributed by atoms with van der Waals surface area (Å²) in [5, 5.41) is 8.89. The average molecular weight is 400 g/mol. The Kier molecular flexibility index (Phi) is 5.34. The Bertz CT molecular complexity index is 609. The van der Waals surface area contributed by atoms with E-state index in [1.54, 1.807) is 18.2 Å². The summed E-state index contributed by atoms with van der Waals surface area (Å²) in [5.41, 5.74) is 2.27. The summed E-state index contributed by atoms with van der Waals surface area (Å²) in [4.78, 5) is 10.8. The minimum atomic E-state index is -0.937. The van der Waals surface area contributed by atoms with Crippen LogP contribution in [0.25, 0.3) is 0 Å². The molecule has 0 spiro atoms. The van der Waals surface area contributed by atoms with Gasteiger partial charge >= 0.3 is 5.97 Å². The number of hydrogen-bond acceptors (Lipinski definition) is 2. The second-order valence-corrected chi connectivity index (χ2v) is 6.00. The summed E-state index contributed by atoms with van der Waals surface area (Å²) in [5.74, 6) is -0.937. The molecule has 2 rings (SSSR count). The predicted molar refractivity (Wildman–Crippen MR) is 83.7 cm³/mol. The molecule has 0 aliphatic carbocycles. The van der Waals surface area contributed by atoms with Crippen molar-refractivity contribution in [2.24, 2.45) is 0 Å². The number of ether oxygens (including phenoxy) is 1. The Balaban J connectivity index is 1.94. The number of hydrogen-bond donors (Lipinski definition) is 1. The molecule has 20 heavy (non-hydrogen) atoms. The van der Waals surface area contributed by atoms with Crippen molar-refractivity contribution >= 4 is 37.8 Å². The van der Waals surface area contributed by atoms with Crippen molar-refractivity contribution in [3.63, 3.8) is 0 Å². The highest BCUT2D eigenvalue weighted by Crippen LogP contribution is 2.20. The monoisotopic (exact) mass is 398 g/mol. The van der Waals surface area contributed by atoms with E-state index in [0.29, 0.717) is 13.2 Å². The normalized spacial score (nSPS) is 10.5. The van der Waals surface area contributed by atoms with Gasteiger partial charge in [-0.1, -0.05) is 50.1 Å². The van der Waals surface area contributed by atoms with Gasteiger partial charge in [-0.3, -0.25) is 0 Å². The zero-order chi connectivity index (χ0) is 14.5. The zero-order valence-electron chi connectivity index (χ0n) is 10.5. The Hall–Kier alpha value is -1.17. The number of benzene rings is 2. The fourth-order valence-corrected chi connectivity index (χ4v) is 2.41. The van der Waals surface area contributed by atoms with Crippen LogP contribution in [0.3, 0.4) is 0 Å². The van der Waals surface area contributed by atoms with Crippen molar-refractivity contribution in [2.75, 3.05) is 0 Å². The van der Waals surface area contributed by atoms with Crippen molar-refractivity contribution in [2.45, 2.75) is 13.2 Å². The quantitative estimate of drug-likeness (QED) is 0.797. The molecule has 0 bridgehead atoms. The third kappa shape index (κ3) is 4.16. The van der Waals surface area contributed by atoms with Gasteiger partial charge in [0.05, 0.1) is 18.8 Å². The highest BCUT2D eigenvalue weighted by Gasteiger charge is 2.06. The van der Waals surface area contributed by atoms with E-state index in [4.69, 9.17) is 9.84 Å². The van der Waals surface area contributed by atoms with Crippen molar-refractivity contribution < 1.29 is 14.6 Å². The van der Waals surface area contributed by atoms with Gasteiger partial charge in [-0.2, -0.15) is 0 Å². The van der Waals surface area contributed by atoms with E-state index in [2.05, 4.69) is 31.9 Å². The molecule has 2 aromatic carbocycles. The average Bonchev–Trinajstić information content (AvgIpc) is 2.42. The summed E-state index contributed by atoms with van der Waals surface area (Å²) < 4.78 is 7.41. The minimum Gasteiger partial charge on any atom is -0.478 e. The van der Waals surface area contributed by atoms with Crippen molar-refractivity contribution in [1.82, 2.24) is 0 Å². The first-order chi connectivity index (χ1) is 9.56.